The maximum absolute atomic E-state index is 12.0. The van der Waals surface area contributed by atoms with E-state index in [1.54, 1.807) is 0 Å². The van der Waals surface area contributed by atoms with Crippen LogP contribution in [0.3, 0.4) is 0 Å². The van der Waals surface area contributed by atoms with Crippen LogP contribution in [-0.2, 0) is 4.79 Å². The highest BCUT2D eigenvalue weighted by Crippen LogP contribution is 2.15. The summed E-state index contributed by atoms with van der Waals surface area (Å²) in [6, 6.07) is 0.152. The van der Waals surface area contributed by atoms with Gasteiger partial charge in [0.15, 0.2) is 5.78 Å². The summed E-state index contributed by atoms with van der Waals surface area (Å²) in [7, 11) is 0. The molecule has 1 heterocycles. The first-order valence-electron chi connectivity index (χ1n) is 6.02. The SMILES string of the molecule is CCCC(C)C(=O)C1CCCCCN1. The summed E-state index contributed by atoms with van der Waals surface area (Å²) >= 11 is 0. The van der Waals surface area contributed by atoms with E-state index in [9.17, 15) is 4.79 Å². The van der Waals surface area contributed by atoms with Crippen LogP contribution in [0.15, 0.2) is 0 Å². The van der Waals surface area contributed by atoms with Gasteiger partial charge in [-0.2, -0.15) is 0 Å². The van der Waals surface area contributed by atoms with Crippen molar-refractivity contribution in [3.05, 3.63) is 0 Å². The van der Waals surface area contributed by atoms with Crippen molar-refractivity contribution in [2.45, 2.75) is 58.4 Å². The number of hydrogen-bond donors (Lipinski definition) is 1. The van der Waals surface area contributed by atoms with Gasteiger partial charge in [-0.3, -0.25) is 4.79 Å². The molecule has 1 fully saturated rings. The van der Waals surface area contributed by atoms with E-state index in [-0.39, 0.29) is 12.0 Å². The van der Waals surface area contributed by atoms with Gasteiger partial charge < -0.3 is 5.32 Å². The van der Waals surface area contributed by atoms with E-state index in [0.717, 1.165) is 25.8 Å². The van der Waals surface area contributed by atoms with Gasteiger partial charge in [-0.25, -0.2) is 0 Å². The summed E-state index contributed by atoms with van der Waals surface area (Å²) in [5.41, 5.74) is 0. The van der Waals surface area contributed by atoms with E-state index in [1.165, 1.54) is 19.3 Å². The highest BCUT2D eigenvalue weighted by molar-refractivity contribution is 5.86. The van der Waals surface area contributed by atoms with Crippen molar-refractivity contribution in [1.82, 2.24) is 5.32 Å². The van der Waals surface area contributed by atoms with Crippen LogP contribution in [0.5, 0.6) is 0 Å². The molecule has 0 aromatic rings. The van der Waals surface area contributed by atoms with Crippen molar-refractivity contribution >= 4 is 5.78 Å². The van der Waals surface area contributed by atoms with Gasteiger partial charge in [0.25, 0.3) is 0 Å². The molecule has 1 N–H and O–H groups in total. The van der Waals surface area contributed by atoms with Crippen molar-refractivity contribution in [3.63, 3.8) is 0 Å². The molecule has 2 nitrogen and oxygen atoms in total. The summed E-state index contributed by atoms with van der Waals surface area (Å²) < 4.78 is 0. The van der Waals surface area contributed by atoms with E-state index >= 15 is 0 Å². The van der Waals surface area contributed by atoms with Crippen molar-refractivity contribution in [3.8, 4) is 0 Å². The Kier molecular flexibility index (Phi) is 5.16. The predicted molar refractivity (Wildman–Crippen MR) is 59.3 cm³/mol. The van der Waals surface area contributed by atoms with Gasteiger partial charge in [0.2, 0.25) is 0 Å². The molecule has 1 aliphatic heterocycles. The largest absolute Gasteiger partial charge is 0.307 e. The zero-order chi connectivity index (χ0) is 10.4. The summed E-state index contributed by atoms with van der Waals surface area (Å²) in [5, 5.41) is 3.37. The predicted octanol–water partition coefficient (Wildman–Crippen LogP) is 2.52. The van der Waals surface area contributed by atoms with Crippen LogP contribution in [0.4, 0.5) is 0 Å². The number of rotatable bonds is 4. The van der Waals surface area contributed by atoms with Crippen LogP contribution >= 0.6 is 0 Å². The summed E-state index contributed by atoms with van der Waals surface area (Å²) in [6.45, 7) is 5.23. The van der Waals surface area contributed by atoms with Crippen LogP contribution in [-0.4, -0.2) is 18.4 Å². The molecular weight excluding hydrogens is 174 g/mol. The Morgan fingerprint density at radius 3 is 2.93 bits per heavy atom. The molecule has 0 aromatic carbocycles. The molecule has 0 bridgehead atoms. The first kappa shape index (κ1) is 11.7. The first-order valence-corrected chi connectivity index (χ1v) is 6.02. The Hall–Kier alpha value is -0.370. The van der Waals surface area contributed by atoms with Crippen LogP contribution in [0.1, 0.15) is 52.4 Å². The van der Waals surface area contributed by atoms with Gasteiger partial charge in [-0.1, -0.05) is 33.1 Å². The molecule has 0 aliphatic carbocycles. The second-order valence-electron chi connectivity index (χ2n) is 4.45. The molecular formula is C12H23NO. The number of nitrogens with one attached hydrogen (secondary N) is 1. The fourth-order valence-electron chi connectivity index (χ4n) is 2.19. The number of ketones is 1. The van der Waals surface area contributed by atoms with Crippen LogP contribution in [0.2, 0.25) is 0 Å². The fourth-order valence-corrected chi connectivity index (χ4v) is 2.19. The summed E-state index contributed by atoms with van der Waals surface area (Å²) in [6.07, 6.45) is 6.91. The summed E-state index contributed by atoms with van der Waals surface area (Å²) in [5.74, 6) is 0.685. The topological polar surface area (TPSA) is 29.1 Å². The van der Waals surface area contributed by atoms with Crippen molar-refractivity contribution < 1.29 is 4.79 Å². The van der Waals surface area contributed by atoms with Gasteiger partial charge in [0, 0.05) is 5.92 Å². The van der Waals surface area contributed by atoms with Gasteiger partial charge in [0.1, 0.15) is 0 Å². The first-order chi connectivity index (χ1) is 6.75. The highest BCUT2D eigenvalue weighted by atomic mass is 16.1. The smallest absolute Gasteiger partial charge is 0.152 e. The third-order valence-electron chi connectivity index (χ3n) is 3.11. The van der Waals surface area contributed by atoms with Gasteiger partial charge in [-0.05, 0) is 25.8 Å². The van der Waals surface area contributed by atoms with Crippen molar-refractivity contribution in [1.29, 1.82) is 0 Å². The minimum Gasteiger partial charge on any atom is -0.307 e. The second-order valence-corrected chi connectivity index (χ2v) is 4.45. The maximum Gasteiger partial charge on any atom is 0.152 e. The summed E-state index contributed by atoms with van der Waals surface area (Å²) in [4.78, 5) is 12.0. The molecule has 0 spiro atoms. The quantitative estimate of drug-likeness (QED) is 0.750. The molecule has 1 aliphatic rings. The lowest BCUT2D eigenvalue weighted by molar-refractivity contribution is -0.124. The van der Waals surface area contributed by atoms with Gasteiger partial charge in [0.05, 0.1) is 6.04 Å². The Morgan fingerprint density at radius 1 is 1.43 bits per heavy atom. The minimum absolute atomic E-state index is 0.152. The number of hydrogen-bond acceptors (Lipinski definition) is 2. The molecule has 14 heavy (non-hydrogen) atoms. The lowest BCUT2D eigenvalue weighted by atomic mass is 9.93. The molecule has 0 saturated carbocycles. The average molecular weight is 197 g/mol. The molecule has 2 atom stereocenters. The monoisotopic (exact) mass is 197 g/mol. The number of carbonyl (C=O) groups is 1. The zero-order valence-corrected chi connectivity index (χ0v) is 9.51. The molecule has 0 aromatic heterocycles. The van der Waals surface area contributed by atoms with Crippen LogP contribution in [0, 0.1) is 5.92 Å². The maximum atomic E-state index is 12.0. The van der Waals surface area contributed by atoms with E-state index < -0.39 is 0 Å². The lowest BCUT2D eigenvalue weighted by Gasteiger charge is -2.18. The standard InChI is InChI=1S/C12H23NO/c1-3-7-10(2)12(14)11-8-5-4-6-9-13-11/h10-11,13H,3-9H2,1-2H3. The highest BCUT2D eigenvalue weighted by Gasteiger charge is 2.23. The molecule has 1 rings (SSSR count). The van der Waals surface area contributed by atoms with Gasteiger partial charge in [-0.15, -0.1) is 0 Å². The average Bonchev–Trinajstić information content (AvgIpc) is 2.45. The molecule has 2 heteroatoms. The fraction of sp³-hybridized carbons (Fsp3) is 0.917. The number of carbonyl (C=O) groups excluding carboxylic acids is 1. The Labute approximate surface area is 87.5 Å². The van der Waals surface area contributed by atoms with Crippen molar-refractivity contribution in [2.24, 2.45) is 5.92 Å². The van der Waals surface area contributed by atoms with Gasteiger partial charge >= 0.3 is 0 Å². The Bertz CT molecular complexity index is 171. The van der Waals surface area contributed by atoms with E-state index in [2.05, 4.69) is 19.2 Å². The molecule has 0 amide bonds. The molecule has 82 valence electrons. The molecule has 2 unspecified atom stereocenters. The van der Waals surface area contributed by atoms with Crippen molar-refractivity contribution in [2.75, 3.05) is 6.54 Å². The Balaban J connectivity index is 2.40. The third kappa shape index (κ3) is 3.41. The lowest BCUT2D eigenvalue weighted by Crippen LogP contribution is -2.39. The second kappa shape index (κ2) is 6.18. The normalized spacial score (nSPS) is 25.4. The van der Waals surface area contributed by atoms with E-state index in [4.69, 9.17) is 0 Å². The zero-order valence-electron chi connectivity index (χ0n) is 9.51. The van der Waals surface area contributed by atoms with E-state index in [1.807, 2.05) is 0 Å². The Morgan fingerprint density at radius 2 is 2.21 bits per heavy atom. The van der Waals surface area contributed by atoms with Crippen LogP contribution < -0.4 is 5.32 Å². The minimum atomic E-state index is 0.152. The van der Waals surface area contributed by atoms with Crippen LogP contribution in [0.25, 0.3) is 0 Å². The van der Waals surface area contributed by atoms with E-state index in [0.29, 0.717) is 5.78 Å². The third-order valence-corrected chi connectivity index (χ3v) is 3.11. The number of Topliss-reactive ketones (excluding diaryl/α,β-unsaturated/α-hetero) is 1. The molecule has 0 radical (unpaired) electrons. The molecule has 1 saturated heterocycles.